The number of hydrogen-bond donors (Lipinski definition) is 4. The molecule has 0 aliphatic carbocycles. The average Bonchev–Trinajstić information content (AvgIpc) is 4.12. The molecule has 5 aliphatic rings. The summed E-state index contributed by atoms with van der Waals surface area (Å²) < 4.78 is 22.7. The molecule has 4 saturated heterocycles. The second-order valence-electron chi connectivity index (χ2n) is 19.3. The summed E-state index contributed by atoms with van der Waals surface area (Å²) in [7, 11) is 2.62. The molecule has 10 rings (SSSR count). The Morgan fingerprint density at radius 1 is 0.923 bits per heavy atom. The number of imidazole rings is 2. The van der Waals surface area contributed by atoms with Gasteiger partial charge in [0.05, 0.1) is 61.4 Å². The van der Waals surface area contributed by atoms with E-state index in [2.05, 4.69) is 70.8 Å². The Morgan fingerprint density at radius 3 is 2.48 bits per heavy atom. The number of amides is 4. The minimum atomic E-state index is -0.742. The highest BCUT2D eigenvalue weighted by Gasteiger charge is 2.63. The Labute approximate surface area is 377 Å². The summed E-state index contributed by atoms with van der Waals surface area (Å²) >= 11 is 0. The van der Waals surface area contributed by atoms with Crippen LogP contribution in [0.5, 0.6) is 5.75 Å². The smallest absolute Gasteiger partial charge is 0.407 e. The van der Waals surface area contributed by atoms with Crippen LogP contribution in [-0.2, 0) is 30.4 Å². The van der Waals surface area contributed by atoms with Gasteiger partial charge >= 0.3 is 12.2 Å². The lowest BCUT2D eigenvalue weighted by atomic mass is 9.59. The van der Waals surface area contributed by atoms with E-state index >= 15 is 0 Å². The summed E-state index contributed by atoms with van der Waals surface area (Å²) in [5, 5.41) is 7.60. The first-order valence-corrected chi connectivity index (χ1v) is 23.0. The zero-order valence-electron chi connectivity index (χ0n) is 38.2. The molecule has 16 nitrogen and oxygen atoms in total. The lowest BCUT2D eigenvalue weighted by Gasteiger charge is -2.59. The van der Waals surface area contributed by atoms with E-state index in [1.165, 1.54) is 14.2 Å². The standard InChI is InChI=1S/C49H58N8O8/c1-23(2)40(54-47(60)62-7)45(58)56-24(3)9-14-36(56)43-50-21-35(52-43)28-10-12-30-29(18-28)22-64-38-20-31-27(19-32(30)38)11-13-34-41(31)53-44(51-34)37-15-16-39-49(6)26(5)65-25(4)17-33(49)42(46(59)57(37)39)55-48(61)63-8/h10-13,18-21,23-26,33,36-37,39-40,42H,9,14-17,22H2,1-8H3,(H,50,52)(H,51,53)(H,54,60)(H,55,61)/t24-,25+,26+,33?,36-,37-,39+,40-,42-,49?/m0/s1. The number of nitrogens with zero attached hydrogens (tertiary/aromatic N) is 4. The second kappa shape index (κ2) is 16.1. The lowest BCUT2D eigenvalue weighted by Crippen LogP contribution is -2.71. The van der Waals surface area contributed by atoms with Crippen molar-refractivity contribution in [2.75, 3.05) is 14.2 Å². The van der Waals surface area contributed by atoms with Crippen LogP contribution >= 0.6 is 0 Å². The van der Waals surface area contributed by atoms with E-state index in [1.54, 1.807) is 0 Å². The number of likely N-dealkylation sites (tertiary alicyclic amines) is 1. The maximum atomic E-state index is 14.5. The Kier molecular flexibility index (Phi) is 10.6. The van der Waals surface area contributed by atoms with Gasteiger partial charge in [-0.05, 0) is 105 Å². The van der Waals surface area contributed by atoms with Crippen LogP contribution in [0.2, 0.25) is 0 Å². The largest absolute Gasteiger partial charge is 0.488 e. The number of carbonyl (C=O) groups excluding carboxylic acids is 4. The van der Waals surface area contributed by atoms with Crippen molar-refractivity contribution in [2.24, 2.45) is 17.3 Å². The van der Waals surface area contributed by atoms with Gasteiger partial charge in [-0.3, -0.25) is 9.59 Å². The predicted molar refractivity (Wildman–Crippen MR) is 242 cm³/mol. The van der Waals surface area contributed by atoms with Crippen LogP contribution < -0.4 is 15.4 Å². The molecule has 2 unspecified atom stereocenters. The third kappa shape index (κ3) is 6.89. The van der Waals surface area contributed by atoms with Crippen LogP contribution in [-0.4, -0.2) is 104 Å². The molecule has 4 fully saturated rings. The third-order valence-corrected chi connectivity index (χ3v) is 15.4. The zero-order valence-corrected chi connectivity index (χ0v) is 38.2. The van der Waals surface area contributed by atoms with Crippen LogP contribution in [0.1, 0.15) is 103 Å². The molecule has 65 heavy (non-hydrogen) atoms. The molecule has 342 valence electrons. The number of benzene rings is 3. The molecule has 0 saturated carbocycles. The van der Waals surface area contributed by atoms with Gasteiger partial charge in [-0.1, -0.05) is 39.0 Å². The quantitative estimate of drug-likeness (QED) is 0.126. The highest BCUT2D eigenvalue weighted by atomic mass is 16.5. The summed E-state index contributed by atoms with van der Waals surface area (Å²) in [6.07, 6.45) is 4.17. The van der Waals surface area contributed by atoms with E-state index in [9.17, 15) is 19.2 Å². The molecular formula is C49H58N8O8. The number of rotatable bonds is 7. The van der Waals surface area contributed by atoms with E-state index in [0.717, 1.165) is 87.0 Å². The first kappa shape index (κ1) is 42.8. The minimum absolute atomic E-state index is 0.0197. The first-order chi connectivity index (χ1) is 31.2. The first-order valence-electron chi connectivity index (χ1n) is 23.0. The SMILES string of the molecule is COC(=O)N[C@H](C(=O)N1[C@@H](C)CC[C@H]1c1ncc(-c2ccc3c(c2)COc2cc4c(ccc5[nH]c([C@@H]6CC[C@H]7N6C(=O)[C@@H](NC(=O)OC)C6C[C@@H](C)O[C@H](C)C67C)nc54)cc2-3)[nH]1)C(C)C. The predicted octanol–water partition coefficient (Wildman–Crippen LogP) is 7.69. The van der Waals surface area contributed by atoms with Crippen molar-refractivity contribution in [1.29, 1.82) is 0 Å². The number of nitrogens with one attached hydrogen (secondary N) is 4. The fourth-order valence-corrected chi connectivity index (χ4v) is 11.9. The van der Waals surface area contributed by atoms with E-state index < -0.39 is 29.7 Å². The molecule has 4 N–H and O–H groups in total. The maximum absolute atomic E-state index is 14.5. The van der Waals surface area contributed by atoms with Crippen molar-refractivity contribution in [1.82, 2.24) is 40.4 Å². The van der Waals surface area contributed by atoms with Gasteiger partial charge in [-0.15, -0.1) is 0 Å². The Balaban J connectivity index is 0.919. The Bertz CT molecular complexity index is 2730. The highest BCUT2D eigenvalue weighted by Crippen LogP contribution is 2.56. The summed E-state index contributed by atoms with van der Waals surface area (Å²) in [4.78, 5) is 74.1. The number of H-pyrrole nitrogens is 2. The van der Waals surface area contributed by atoms with Gasteiger partial charge in [0, 0.05) is 34.4 Å². The van der Waals surface area contributed by atoms with Crippen molar-refractivity contribution in [3.8, 4) is 28.1 Å². The number of carbonyl (C=O) groups is 4. The molecule has 10 atom stereocenters. The van der Waals surface area contributed by atoms with Crippen molar-refractivity contribution >= 4 is 45.8 Å². The van der Waals surface area contributed by atoms with Gasteiger partial charge in [0.1, 0.15) is 36.1 Å². The molecule has 2 aromatic heterocycles. The molecule has 0 radical (unpaired) electrons. The van der Waals surface area contributed by atoms with Gasteiger partial charge < -0.3 is 49.3 Å². The van der Waals surface area contributed by atoms with Crippen LogP contribution in [0.15, 0.2) is 48.7 Å². The van der Waals surface area contributed by atoms with Crippen LogP contribution in [0.3, 0.4) is 0 Å². The number of hydrogen-bond acceptors (Lipinski definition) is 10. The van der Waals surface area contributed by atoms with Crippen LogP contribution in [0.25, 0.3) is 44.2 Å². The molecule has 5 aliphatic heterocycles. The van der Waals surface area contributed by atoms with Gasteiger partial charge in [0.15, 0.2) is 0 Å². The van der Waals surface area contributed by atoms with Crippen molar-refractivity contribution in [3.05, 3.63) is 65.9 Å². The summed E-state index contributed by atoms with van der Waals surface area (Å²) in [5.41, 5.74) is 6.18. The molecule has 0 spiro atoms. The van der Waals surface area contributed by atoms with Gasteiger partial charge in [0.25, 0.3) is 0 Å². The summed E-state index contributed by atoms with van der Waals surface area (Å²) in [6.45, 7) is 12.6. The van der Waals surface area contributed by atoms with E-state index in [4.69, 9.17) is 28.9 Å². The van der Waals surface area contributed by atoms with Gasteiger partial charge in [0.2, 0.25) is 11.8 Å². The third-order valence-electron chi connectivity index (χ3n) is 15.4. The molecule has 16 heteroatoms. The number of fused-ring (bicyclic) bond motifs is 9. The summed E-state index contributed by atoms with van der Waals surface area (Å²) in [5.74, 6) is 1.69. The normalized spacial score (nSPS) is 28.6. The monoisotopic (exact) mass is 886 g/mol. The number of aromatic nitrogens is 4. The number of alkyl carbamates (subject to hydrolysis) is 2. The number of ether oxygens (including phenoxy) is 4. The molecule has 0 bridgehead atoms. The molecule has 3 aromatic carbocycles. The van der Waals surface area contributed by atoms with Gasteiger partial charge in [-0.25, -0.2) is 19.6 Å². The Morgan fingerprint density at radius 2 is 1.71 bits per heavy atom. The molecule has 5 aromatic rings. The fourth-order valence-electron chi connectivity index (χ4n) is 11.9. The fraction of sp³-hybridized carbons (Fsp3) is 0.510. The number of aromatic amines is 2. The average molecular weight is 887 g/mol. The number of piperidine rings is 1. The van der Waals surface area contributed by atoms with Crippen molar-refractivity contribution < 1.29 is 38.1 Å². The van der Waals surface area contributed by atoms with Crippen molar-refractivity contribution in [3.63, 3.8) is 0 Å². The molecule has 4 amide bonds. The van der Waals surface area contributed by atoms with Crippen molar-refractivity contribution in [2.45, 2.75) is 129 Å². The van der Waals surface area contributed by atoms with E-state index in [-0.39, 0.29) is 60.0 Å². The molecular weight excluding hydrogens is 829 g/mol. The van der Waals surface area contributed by atoms with Crippen LogP contribution in [0.4, 0.5) is 9.59 Å². The van der Waals surface area contributed by atoms with E-state index in [0.29, 0.717) is 18.9 Å². The lowest BCUT2D eigenvalue weighted by molar-refractivity contribution is -0.199. The highest BCUT2D eigenvalue weighted by molar-refractivity contribution is 6.07. The van der Waals surface area contributed by atoms with Crippen LogP contribution in [0, 0.1) is 17.3 Å². The zero-order chi connectivity index (χ0) is 45.6. The molecule has 7 heterocycles. The summed E-state index contributed by atoms with van der Waals surface area (Å²) in [6, 6.07) is 12.6. The van der Waals surface area contributed by atoms with E-state index in [1.807, 2.05) is 49.8 Å². The Hall–Kier alpha value is -6.16. The maximum Gasteiger partial charge on any atom is 0.407 e. The topological polar surface area (TPSA) is 193 Å². The van der Waals surface area contributed by atoms with Gasteiger partial charge in [-0.2, -0.15) is 0 Å². The number of methoxy groups -OCH3 is 2. The minimum Gasteiger partial charge on any atom is -0.488 e. The second-order valence-corrected chi connectivity index (χ2v) is 19.3.